The summed E-state index contributed by atoms with van der Waals surface area (Å²) in [6.07, 6.45) is 1.06. The Morgan fingerprint density at radius 2 is 2.36 bits per heavy atom. The average Bonchev–Trinajstić information content (AvgIpc) is 2.34. The largest absolute Gasteiger partial charge is 0.457 e. The molecule has 64 valence electrons. The highest BCUT2D eigenvalue weighted by Crippen LogP contribution is 2.12. The number of hydrogen-bond acceptors (Lipinski definition) is 2. The van der Waals surface area contributed by atoms with Crippen molar-refractivity contribution >= 4 is 5.91 Å². The van der Waals surface area contributed by atoms with Crippen LogP contribution in [0.3, 0.4) is 0 Å². The van der Waals surface area contributed by atoms with E-state index in [1.165, 1.54) is 0 Å². The Bertz CT molecular complexity index is 158. The van der Waals surface area contributed by atoms with Crippen molar-refractivity contribution in [2.24, 2.45) is 0 Å². The van der Waals surface area contributed by atoms with Gasteiger partial charge in [-0.05, 0) is 19.5 Å². The van der Waals surface area contributed by atoms with Crippen molar-refractivity contribution in [2.45, 2.75) is 19.4 Å². The van der Waals surface area contributed by atoms with Crippen LogP contribution in [-0.2, 0) is 4.79 Å². The lowest BCUT2D eigenvalue weighted by molar-refractivity contribution is -0.129. The Morgan fingerprint density at radius 3 is 2.73 bits per heavy atom. The van der Waals surface area contributed by atoms with Crippen LogP contribution in [0.1, 0.15) is 13.3 Å². The van der Waals surface area contributed by atoms with E-state index >= 15 is 0 Å². The number of carbonyl (C=O) groups excluding carboxylic acids is 1. The highest BCUT2D eigenvalue weighted by atomic mass is 16.2. The maximum absolute atomic E-state index is 10.9. The van der Waals surface area contributed by atoms with E-state index in [1.54, 1.807) is 11.8 Å². The van der Waals surface area contributed by atoms with E-state index in [-0.39, 0.29) is 5.91 Å². The molecule has 0 aromatic carbocycles. The van der Waals surface area contributed by atoms with E-state index in [0.29, 0.717) is 6.04 Å². The van der Waals surface area contributed by atoms with Gasteiger partial charge in [0.25, 0.3) is 0 Å². The predicted molar refractivity (Wildman–Crippen MR) is 43.8 cm³/mol. The van der Waals surface area contributed by atoms with Gasteiger partial charge in [-0.2, -0.15) is 0 Å². The summed E-state index contributed by atoms with van der Waals surface area (Å²) < 4.78 is 0. The molecular formula is C8H15N2O-. The minimum Gasteiger partial charge on any atom is -0.457 e. The van der Waals surface area contributed by atoms with Crippen LogP contribution in [0, 0.1) is 7.05 Å². The van der Waals surface area contributed by atoms with E-state index in [0.717, 1.165) is 19.5 Å². The van der Waals surface area contributed by atoms with Gasteiger partial charge < -0.3 is 9.80 Å². The Morgan fingerprint density at radius 1 is 1.73 bits per heavy atom. The number of hydrogen-bond donors (Lipinski definition) is 0. The fraction of sp³-hybridized carbons (Fsp3) is 0.750. The fourth-order valence-electron chi connectivity index (χ4n) is 1.39. The van der Waals surface area contributed by atoms with Crippen molar-refractivity contribution in [3.8, 4) is 0 Å². The van der Waals surface area contributed by atoms with E-state index in [1.807, 2.05) is 11.9 Å². The van der Waals surface area contributed by atoms with Crippen LogP contribution >= 0.6 is 0 Å². The minimum atomic E-state index is 0.144. The molecule has 3 heteroatoms. The first-order valence-electron chi connectivity index (χ1n) is 3.90. The Kier molecular flexibility index (Phi) is 2.49. The summed E-state index contributed by atoms with van der Waals surface area (Å²) in [7, 11) is 5.68. The number of likely N-dealkylation sites (tertiary alicyclic amines) is 1. The van der Waals surface area contributed by atoms with Gasteiger partial charge in [-0.1, -0.05) is 0 Å². The molecule has 0 bridgehead atoms. The highest BCUT2D eigenvalue weighted by molar-refractivity contribution is 5.73. The maximum Gasteiger partial charge on any atom is 0.219 e. The van der Waals surface area contributed by atoms with E-state index < -0.39 is 0 Å². The second-order valence-electron chi connectivity index (χ2n) is 3.15. The van der Waals surface area contributed by atoms with Crippen molar-refractivity contribution in [3.63, 3.8) is 0 Å². The van der Waals surface area contributed by atoms with Gasteiger partial charge in [0.2, 0.25) is 5.91 Å². The van der Waals surface area contributed by atoms with Gasteiger partial charge in [0.05, 0.1) is 0 Å². The molecule has 1 heterocycles. The quantitative estimate of drug-likeness (QED) is 0.509. The van der Waals surface area contributed by atoms with Crippen LogP contribution in [0.15, 0.2) is 0 Å². The zero-order valence-electron chi connectivity index (χ0n) is 7.21. The minimum absolute atomic E-state index is 0.144. The van der Waals surface area contributed by atoms with Crippen molar-refractivity contribution in [3.05, 3.63) is 7.05 Å². The van der Waals surface area contributed by atoms with Gasteiger partial charge >= 0.3 is 0 Å². The summed E-state index contributed by atoms with van der Waals surface area (Å²) >= 11 is 0. The summed E-state index contributed by atoms with van der Waals surface area (Å²) in [5.74, 6) is 0.144. The normalized spacial score (nSPS) is 25.5. The van der Waals surface area contributed by atoms with Gasteiger partial charge in [-0.25, -0.2) is 0 Å². The monoisotopic (exact) mass is 155 g/mol. The summed E-state index contributed by atoms with van der Waals surface area (Å²) in [5, 5.41) is 0. The number of nitrogens with zero attached hydrogens (tertiary/aromatic N) is 2. The third-order valence-corrected chi connectivity index (χ3v) is 2.29. The molecule has 1 atom stereocenters. The number of likely N-dealkylation sites (N-methyl/N-ethyl adjacent to an activating group) is 1. The molecule has 1 amide bonds. The van der Waals surface area contributed by atoms with Crippen molar-refractivity contribution in [1.82, 2.24) is 9.80 Å². The molecule has 1 fully saturated rings. The summed E-state index contributed by atoms with van der Waals surface area (Å²) in [6.45, 7) is 3.52. The lowest BCUT2D eigenvalue weighted by atomic mass is 10.2. The standard InChI is InChI=1S/C8H15N2O/c1-7(11)10(3)8-4-5-9(2)6-8/h8H,2,4-6H2,1,3H3/q-1/t8-/m1/s1. The first-order chi connectivity index (χ1) is 5.11. The lowest BCUT2D eigenvalue weighted by Gasteiger charge is -2.24. The predicted octanol–water partition coefficient (Wildman–Crippen LogP) is 0.331. The van der Waals surface area contributed by atoms with Crippen LogP contribution < -0.4 is 0 Å². The van der Waals surface area contributed by atoms with Crippen LogP contribution in [0.5, 0.6) is 0 Å². The molecular weight excluding hydrogens is 140 g/mol. The van der Waals surface area contributed by atoms with Crippen molar-refractivity contribution < 1.29 is 4.79 Å². The number of rotatable bonds is 1. The van der Waals surface area contributed by atoms with E-state index in [2.05, 4.69) is 7.05 Å². The topological polar surface area (TPSA) is 23.6 Å². The van der Waals surface area contributed by atoms with Crippen molar-refractivity contribution in [1.29, 1.82) is 0 Å². The van der Waals surface area contributed by atoms with Crippen LogP contribution in [-0.4, -0.2) is 41.9 Å². The fourth-order valence-corrected chi connectivity index (χ4v) is 1.39. The molecule has 0 aromatic heterocycles. The molecule has 1 rings (SSSR count). The Balaban J connectivity index is 2.43. The molecule has 0 N–H and O–H groups in total. The summed E-state index contributed by atoms with van der Waals surface area (Å²) in [5.41, 5.74) is 0. The smallest absolute Gasteiger partial charge is 0.219 e. The Labute approximate surface area is 68.0 Å². The molecule has 0 spiro atoms. The van der Waals surface area contributed by atoms with Crippen LogP contribution in [0.2, 0.25) is 0 Å². The van der Waals surface area contributed by atoms with Gasteiger partial charge in [0, 0.05) is 20.0 Å². The van der Waals surface area contributed by atoms with E-state index in [9.17, 15) is 4.79 Å². The molecule has 0 aromatic rings. The van der Waals surface area contributed by atoms with Crippen LogP contribution in [0.25, 0.3) is 0 Å². The molecule has 0 unspecified atom stereocenters. The molecule has 1 aliphatic rings. The second kappa shape index (κ2) is 3.22. The average molecular weight is 155 g/mol. The van der Waals surface area contributed by atoms with Gasteiger partial charge in [0.1, 0.15) is 0 Å². The third kappa shape index (κ3) is 1.93. The molecule has 0 saturated carbocycles. The highest BCUT2D eigenvalue weighted by Gasteiger charge is 2.21. The first-order valence-corrected chi connectivity index (χ1v) is 3.90. The molecule has 3 nitrogen and oxygen atoms in total. The summed E-state index contributed by atoms with van der Waals surface area (Å²) in [6, 6.07) is 0.380. The third-order valence-electron chi connectivity index (χ3n) is 2.29. The van der Waals surface area contributed by atoms with E-state index in [4.69, 9.17) is 0 Å². The molecule has 1 saturated heterocycles. The Hall–Kier alpha value is -0.570. The first kappa shape index (κ1) is 8.53. The molecule has 0 radical (unpaired) electrons. The van der Waals surface area contributed by atoms with Crippen LogP contribution in [0.4, 0.5) is 0 Å². The number of carbonyl (C=O) groups is 1. The van der Waals surface area contributed by atoms with Gasteiger partial charge in [-0.15, -0.1) is 0 Å². The molecule has 0 aliphatic carbocycles. The summed E-state index contributed by atoms with van der Waals surface area (Å²) in [4.78, 5) is 14.7. The second-order valence-corrected chi connectivity index (χ2v) is 3.15. The van der Waals surface area contributed by atoms with Gasteiger partial charge in [-0.3, -0.25) is 11.8 Å². The SMILES string of the molecule is [CH2-]N1CC[C@@H](N(C)C(C)=O)C1. The molecule has 11 heavy (non-hydrogen) atoms. The van der Waals surface area contributed by atoms with Gasteiger partial charge in [0.15, 0.2) is 0 Å². The molecule has 1 aliphatic heterocycles. The lowest BCUT2D eigenvalue weighted by Crippen LogP contribution is -2.36. The maximum atomic E-state index is 10.9. The zero-order chi connectivity index (χ0) is 8.43. The van der Waals surface area contributed by atoms with Crippen molar-refractivity contribution in [2.75, 3.05) is 20.1 Å². The number of amides is 1. The zero-order valence-corrected chi connectivity index (χ0v) is 7.21.